The number of thiophene rings is 1. The maximum Gasteiger partial charge on any atom is 0.126 e. The van der Waals surface area contributed by atoms with Gasteiger partial charge in [-0.15, -0.1) is 11.3 Å². The first kappa shape index (κ1) is 13.8. The van der Waals surface area contributed by atoms with Gasteiger partial charge in [0.1, 0.15) is 5.82 Å². The first-order chi connectivity index (χ1) is 10.2. The minimum absolute atomic E-state index is 0.192. The minimum atomic E-state index is 0.192. The number of hydrogen-bond donors (Lipinski definition) is 3. The van der Waals surface area contributed by atoms with Crippen LogP contribution in [0.5, 0.6) is 0 Å². The number of hydrogen-bond acceptors (Lipinski definition) is 6. The molecule has 0 bridgehead atoms. The second kappa shape index (κ2) is 5.71. The molecular formula is C14H17N5OS. The van der Waals surface area contributed by atoms with E-state index >= 15 is 0 Å². The van der Waals surface area contributed by atoms with E-state index in [-0.39, 0.29) is 6.04 Å². The van der Waals surface area contributed by atoms with Gasteiger partial charge in [-0.05, 0) is 19.1 Å². The average Bonchev–Trinajstić information content (AvgIpc) is 3.06. The van der Waals surface area contributed by atoms with Crippen molar-refractivity contribution in [3.05, 3.63) is 24.4 Å². The first-order valence-corrected chi connectivity index (χ1v) is 7.44. The van der Waals surface area contributed by atoms with Crippen molar-refractivity contribution in [2.45, 2.75) is 13.0 Å². The zero-order valence-electron chi connectivity index (χ0n) is 11.9. The molecule has 7 heteroatoms. The SMILES string of the molecule is COCC(C)Nc1cc(N)nc2cc(-c3ccn[nH]3)sc12. The summed E-state index contributed by atoms with van der Waals surface area (Å²) in [5.74, 6) is 0.503. The van der Waals surface area contributed by atoms with Gasteiger partial charge in [-0.3, -0.25) is 5.10 Å². The first-order valence-electron chi connectivity index (χ1n) is 6.62. The molecule has 0 aliphatic carbocycles. The van der Waals surface area contributed by atoms with Crippen LogP contribution < -0.4 is 11.1 Å². The smallest absolute Gasteiger partial charge is 0.126 e. The Hall–Kier alpha value is -2.12. The molecule has 110 valence electrons. The summed E-state index contributed by atoms with van der Waals surface area (Å²) in [6.45, 7) is 2.69. The number of nitrogens with one attached hydrogen (secondary N) is 2. The molecule has 0 fully saturated rings. The zero-order valence-corrected chi connectivity index (χ0v) is 12.7. The summed E-state index contributed by atoms with van der Waals surface area (Å²) in [5.41, 5.74) is 8.75. The number of aromatic nitrogens is 3. The molecule has 0 aliphatic heterocycles. The Bertz CT molecular complexity index is 737. The van der Waals surface area contributed by atoms with Crippen molar-refractivity contribution in [1.29, 1.82) is 0 Å². The van der Waals surface area contributed by atoms with Gasteiger partial charge in [0.25, 0.3) is 0 Å². The van der Waals surface area contributed by atoms with E-state index < -0.39 is 0 Å². The van der Waals surface area contributed by atoms with Crippen molar-refractivity contribution in [3.63, 3.8) is 0 Å². The number of H-pyrrole nitrogens is 1. The molecule has 4 N–H and O–H groups in total. The zero-order chi connectivity index (χ0) is 14.8. The Morgan fingerprint density at radius 2 is 2.33 bits per heavy atom. The molecule has 3 rings (SSSR count). The van der Waals surface area contributed by atoms with E-state index in [1.165, 1.54) is 0 Å². The lowest BCUT2D eigenvalue weighted by Gasteiger charge is -2.15. The van der Waals surface area contributed by atoms with E-state index in [1.54, 1.807) is 24.6 Å². The standard InChI is InChI=1S/C14H17N5OS/c1-8(7-20-2)17-11-6-13(15)18-10-5-12(21-14(10)11)9-3-4-16-19-9/h3-6,8H,7H2,1-2H3,(H,16,19)(H3,15,17,18). The molecule has 21 heavy (non-hydrogen) atoms. The summed E-state index contributed by atoms with van der Waals surface area (Å²) >= 11 is 1.66. The molecule has 3 heterocycles. The average molecular weight is 303 g/mol. The highest BCUT2D eigenvalue weighted by atomic mass is 32.1. The highest BCUT2D eigenvalue weighted by Crippen LogP contribution is 2.37. The van der Waals surface area contributed by atoms with Crippen LogP contribution >= 0.6 is 11.3 Å². The van der Waals surface area contributed by atoms with Crippen molar-refractivity contribution < 1.29 is 4.74 Å². The number of fused-ring (bicyclic) bond motifs is 1. The second-order valence-corrected chi connectivity index (χ2v) is 5.94. The number of pyridine rings is 1. The van der Waals surface area contributed by atoms with Crippen LogP contribution in [-0.4, -0.2) is 34.9 Å². The van der Waals surface area contributed by atoms with Gasteiger partial charge in [0, 0.05) is 25.4 Å². The van der Waals surface area contributed by atoms with Crippen molar-refractivity contribution in [2.75, 3.05) is 24.8 Å². The fourth-order valence-electron chi connectivity index (χ4n) is 2.23. The predicted molar refractivity (Wildman–Crippen MR) is 86.6 cm³/mol. The molecule has 3 aromatic rings. The molecular weight excluding hydrogens is 286 g/mol. The van der Waals surface area contributed by atoms with Crippen molar-refractivity contribution in [2.24, 2.45) is 0 Å². The molecule has 0 spiro atoms. The molecule has 0 aromatic carbocycles. The van der Waals surface area contributed by atoms with E-state index in [9.17, 15) is 0 Å². The van der Waals surface area contributed by atoms with Crippen LogP contribution in [-0.2, 0) is 4.74 Å². The van der Waals surface area contributed by atoms with E-state index in [0.717, 1.165) is 26.5 Å². The fourth-order valence-corrected chi connectivity index (χ4v) is 3.28. The summed E-state index contributed by atoms with van der Waals surface area (Å²) < 4.78 is 6.24. The van der Waals surface area contributed by atoms with E-state index in [2.05, 4.69) is 27.4 Å². The highest BCUT2D eigenvalue weighted by Gasteiger charge is 2.13. The number of anilines is 2. The number of nitrogens with zero attached hydrogens (tertiary/aromatic N) is 2. The van der Waals surface area contributed by atoms with Crippen LogP contribution in [0.4, 0.5) is 11.5 Å². The van der Waals surface area contributed by atoms with Gasteiger partial charge in [0.05, 0.1) is 33.1 Å². The third kappa shape index (κ3) is 2.84. The molecule has 0 radical (unpaired) electrons. The lowest BCUT2D eigenvalue weighted by Crippen LogP contribution is -2.20. The van der Waals surface area contributed by atoms with E-state index in [0.29, 0.717) is 12.4 Å². The predicted octanol–water partition coefficient (Wildman–Crippen LogP) is 2.72. The van der Waals surface area contributed by atoms with Gasteiger partial charge in [0.15, 0.2) is 0 Å². The number of nitrogens with two attached hydrogens (primary N) is 1. The third-order valence-corrected chi connectivity index (χ3v) is 4.27. The van der Waals surface area contributed by atoms with Crippen LogP contribution in [0.25, 0.3) is 20.8 Å². The van der Waals surface area contributed by atoms with Crippen molar-refractivity contribution in [3.8, 4) is 10.6 Å². The molecule has 6 nitrogen and oxygen atoms in total. The topological polar surface area (TPSA) is 88.8 Å². The molecule has 0 saturated carbocycles. The van der Waals surface area contributed by atoms with Gasteiger partial charge >= 0.3 is 0 Å². The number of methoxy groups -OCH3 is 1. The Labute approximate surface area is 126 Å². The van der Waals surface area contributed by atoms with E-state index in [1.807, 2.05) is 18.2 Å². The van der Waals surface area contributed by atoms with Gasteiger partial charge < -0.3 is 15.8 Å². The normalized spacial score (nSPS) is 12.7. The summed E-state index contributed by atoms with van der Waals surface area (Å²) in [5, 5.41) is 10.4. The van der Waals surface area contributed by atoms with Gasteiger partial charge in [-0.25, -0.2) is 4.98 Å². The van der Waals surface area contributed by atoms with Gasteiger partial charge in [-0.1, -0.05) is 0 Å². The Morgan fingerprint density at radius 3 is 3.05 bits per heavy atom. The Balaban J connectivity index is 2.03. The highest BCUT2D eigenvalue weighted by molar-refractivity contribution is 7.22. The second-order valence-electron chi connectivity index (χ2n) is 4.89. The number of aromatic amines is 1. The third-order valence-electron chi connectivity index (χ3n) is 3.08. The van der Waals surface area contributed by atoms with Gasteiger partial charge in [-0.2, -0.15) is 5.10 Å². The number of rotatable bonds is 5. The van der Waals surface area contributed by atoms with Crippen LogP contribution in [0.1, 0.15) is 6.92 Å². The summed E-state index contributed by atoms with van der Waals surface area (Å²) in [7, 11) is 1.69. The quantitative estimate of drug-likeness (QED) is 0.674. The summed E-state index contributed by atoms with van der Waals surface area (Å²) in [4.78, 5) is 5.49. The summed E-state index contributed by atoms with van der Waals surface area (Å²) in [6, 6.07) is 6.02. The lowest BCUT2D eigenvalue weighted by molar-refractivity contribution is 0.190. The fraction of sp³-hybridized carbons (Fsp3) is 0.286. The van der Waals surface area contributed by atoms with Crippen LogP contribution in [0.3, 0.4) is 0 Å². The lowest BCUT2D eigenvalue weighted by atomic mass is 10.2. The maximum absolute atomic E-state index is 5.90. The van der Waals surface area contributed by atoms with Crippen molar-refractivity contribution >= 4 is 33.1 Å². The summed E-state index contributed by atoms with van der Waals surface area (Å²) in [6.07, 6.45) is 1.74. The number of nitrogen functional groups attached to an aromatic ring is 1. The van der Waals surface area contributed by atoms with Crippen molar-refractivity contribution in [1.82, 2.24) is 15.2 Å². The Kier molecular flexibility index (Phi) is 3.76. The van der Waals surface area contributed by atoms with Crippen LogP contribution in [0.15, 0.2) is 24.4 Å². The molecule has 0 aliphatic rings. The molecule has 0 saturated heterocycles. The number of ether oxygens (including phenoxy) is 1. The largest absolute Gasteiger partial charge is 0.384 e. The van der Waals surface area contributed by atoms with Crippen LogP contribution in [0.2, 0.25) is 0 Å². The van der Waals surface area contributed by atoms with E-state index in [4.69, 9.17) is 10.5 Å². The molecule has 1 unspecified atom stereocenters. The van der Waals surface area contributed by atoms with Gasteiger partial charge in [0.2, 0.25) is 0 Å². The molecule has 1 atom stereocenters. The Morgan fingerprint density at radius 1 is 1.48 bits per heavy atom. The maximum atomic E-state index is 5.90. The minimum Gasteiger partial charge on any atom is -0.384 e. The monoisotopic (exact) mass is 303 g/mol. The molecule has 3 aromatic heterocycles. The molecule has 0 amide bonds. The van der Waals surface area contributed by atoms with Crippen LogP contribution in [0, 0.1) is 0 Å².